The second-order valence-electron chi connectivity index (χ2n) is 5.94. The fourth-order valence-electron chi connectivity index (χ4n) is 3.12. The van der Waals surface area contributed by atoms with Crippen LogP contribution in [0.15, 0.2) is 0 Å². The van der Waals surface area contributed by atoms with Crippen molar-refractivity contribution in [1.82, 2.24) is 20.0 Å². The van der Waals surface area contributed by atoms with Crippen LogP contribution in [0, 0.1) is 0 Å². The topological polar surface area (TPSA) is 79.3 Å². The minimum absolute atomic E-state index is 0.111. The molecule has 1 unspecified atom stereocenters. The smallest absolute Gasteiger partial charge is 0.320 e. The Morgan fingerprint density at radius 3 is 2.65 bits per heavy atom. The van der Waals surface area contributed by atoms with E-state index < -0.39 is 0 Å². The van der Waals surface area contributed by atoms with Crippen LogP contribution < -0.4 is 10.6 Å². The van der Waals surface area contributed by atoms with Crippen molar-refractivity contribution in [3.05, 3.63) is 11.3 Å². The Morgan fingerprint density at radius 2 is 2.04 bits per heavy atom. The van der Waals surface area contributed by atoms with Gasteiger partial charge in [-0.2, -0.15) is 5.10 Å². The number of amides is 3. The zero-order chi connectivity index (χ0) is 17.0. The summed E-state index contributed by atoms with van der Waals surface area (Å²) in [6.45, 7) is 7.49. The van der Waals surface area contributed by atoms with Crippen molar-refractivity contribution in [1.29, 1.82) is 0 Å². The number of anilines is 1. The highest BCUT2D eigenvalue weighted by Crippen LogP contribution is 2.20. The first-order valence-corrected chi connectivity index (χ1v) is 8.40. The number of rotatable bonds is 6. The van der Waals surface area contributed by atoms with Gasteiger partial charge in [-0.15, -0.1) is 0 Å². The molecule has 0 aliphatic carbocycles. The third-order valence-corrected chi connectivity index (χ3v) is 4.19. The monoisotopic (exact) mass is 321 g/mol. The van der Waals surface area contributed by atoms with E-state index in [1.54, 1.807) is 4.68 Å². The zero-order valence-electron chi connectivity index (χ0n) is 14.5. The van der Waals surface area contributed by atoms with Gasteiger partial charge in [0.05, 0.1) is 11.7 Å². The van der Waals surface area contributed by atoms with Crippen molar-refractivity contribution in [2.24, 2.45) is 7.05 Å². The van der Waals surface area contributed by atoms with Crippen LogP contribution in [0.1, 0.15) is 44.9 Å². The lowest BCUT2D eigenvalue weighted by atomic mass is 10.1. The first-order chi connectivity index (χ1) is 11.0. The van der Waals surface area contributed by atoms with Gasteiger partial charge in [-0.25, -0.2) is 4.79 Å². The fraction of sp³-hybridized carbons (Fsp3) is 0.688. The van der Waals surface area contributed by atoms with E-state index in [9.17, 15) is 9.59 Å². The molecule has 7 nitrogen and oxygen atoms in total. The Bertz CT molecular complexity index is 581. The van der Waals surface area contributed by atoms with Gasteiger partial charge < -0.3 is 10.2 Å². The predicted molar refractivity (Wildman–Crippen MR) is 89.4 cm³/mol. The maximum absolute atomic E-state index is 12.3. The van der Waals surface area contributed by atoms with E-state index >= 15 is 0 Å². The van der Waals surface area contributed by atoms with Crippen LogP contribution in [-0.2, 0) is 24.7 Å². The van der Waals surface area contributed by atoms with E-state index in [0.717, 1.165) is 42.9 Å². The van der Waals surface area contributed by atoms with Crippen LogP contribution >= 0.6 is 0 Å². The highest BCUT2D eigenvalue weighted by molar-refractivity contribution is 5.90. The van der Waals surface area contributed by atoms with Gasteiger partial charge in [-0.1, -0.05) is 20.8 Å². The number of aromatic nitrogens is 2. The van der Waals surface area contributed by atoms with Gasteiger partial charge in [-0.3, -0.25) is 14.8 Å². The molecule has 0 saturated carbocycles. The minimum atomic E-state index is -0.276. The number of carbonyl (C=O) groups is 2. The number of likely N-dealkylation sites (tertiary alicyclic amines) is 1. The van der Waals surface area contributed by atoms with Crippen LogP contribution in [0.4, 0.5) is 10.6 Å². The molecule has 1 fully saturated rings. The number of hydrogen-bond donors (Lipinski definition) is 2. The van der Waals surface area contributed by atoms with Crippen molar-refractivity contribution < 1.29 is 9.59 Å². The highest BCUT2D eigenvalue weighted by Gasteiger charge is 2.30. The molecule has 1 aromatic rings. The molecule has 0 spiro atoms. The van der Waals surface area contributed by atoms with Gasteiger partial charge in [-0.05, 0) is 19.3 Å². The molecule has 0 aromatic carbocycles. The number of carbonyl (C=O) groups excluding carboxylic acids is 2. The van der Waals surface area contributed by atoms with E-state index in [-0.39, 0.29) is 18.0 Å². The summed E-state index contributed by atoms with van der Waals surface area (Å²) in [6.07, 6.45) is 2.96. The molecule has 23 heavy (non-hydrogen) atoms. The number of nitrogens with zero attached hydrogens (tertiary/aromatic N) is 3. The number of aryl methyl sites for hydroxylation is 2. The summed E-state index contributed by atoms with van der Waals surface area (Å²) in [7, 11) is 1.83. The maximum atomic E-state index is 12.3. The second-order valence-corrected chi connectivity index (χ2v) is 5.94. The Balaban J connectivity index is 1.98. The predicted octanol–water partition coefficient (Wildman–Crippen LogP) is 1.68. The molecular weight excluding hydrogens is 294 g/mol. The van der Waals surface area contributed by atoms with E-state index in [4.69, 9.17) is 0 Å². The second kappa shape index (κ2) is 7.48. The molecule has 7 heteroatoms. The minimum Gasteiger partial charge on any atom is -0.341 e. The average Bonchev–Trinajstić information content (AvgIpc) is 3.00. The maximum Gasteiger partial charge on any atom is 0.320 e. The molecular formula is C16H27N5O2. The quantitative estimate of drug-likeness (QED) is 0.836. The SMILES string of the molecule is CCCN1CC(NC(=O)Nc2c(CC)c(CC)nn2C)CC1=O. The molecule has 1 saturated heterocycles. The summed E-state index contributed by atoms with van der Waals surface area (Å²) in [6, 6.07) is -0.403. The third kappa shape index (κ3) is 3.83. The van der Waals surface area contributed by atoms with Gasteiger partial charge in [0.1, 0.15) is 5.82 Å². The zero-order valence-corrected chi connectivity index (χ0v) is 14.5. The van der Waals surface area contributed by atoms with Crippen LogP contribution in [0.5, 0.6) is 0 Å². The molecule has 1 aromatic heterocycles. The molecule has 128 valence electrons. The van der Waals surface area contributed by atoms with Crippen molar-refractivity contribution in [3.63, 3.8) is 0 Å². The summed E-state index contributed by atoms with van der Waals surface area (Å²) in [5.41, 5.74) is 2.08. The largest absolute Gasteiger partial charge is 0.341 e. The van der Waals surface area contributed by atoms with Gasteiger partial charge in [0.25, 0.3) is 0 Å². The van der Waals surface area contributed by atoms with Crippen LogP contribution in [0.25, 0.3) is 0 Å². The van der Waals surface area contributed by atoms with Crippen LogP contribution in [0.3, 0.4) is 0 Å². The Hall–Kier alpha value is -2.05. The van der Waals surface area contributed by atoms with E-state index in [2.05, 4.69) is 29.6 Å². The van der Waals surface area contributed by atoms with Gasteiger partial charge in [0, 0.05) is 32.1 Å². The molecule has 3 amide bonds. The Labute approximate surface area is 137 Å². The molecule has 1 atom stereocenters. The van der Waals surface area contributed by atoms with Crippen molar-refractivity contribution in [2.75, 3.05) is 18.4 Å². The number of urea groups is 1. The van der Waals surface area contributed by atoms with Crippen molar-refractivity contribution in [3.8, 4) is 0 Å². The molecule has 2 rings (SSSR count). The lowest BCUT2D eigenvalue weighted by Gasteiger charge is -2.16. The normalized spacial score (nSPS) is 17.7. The first-order valence-electron chi connectivity index (χ1n) is 8.40. The summed E-state index contributed by atoms with van der Waals surface area (Å²) in [5.74, 6) is 0.844. The highest BCUT2D eigenvalue weighted by atomic mass is 16.2. The lowest BCUT2D eigenvalue weighted by Crippen LogP contribution is -2.40. The number of hydrogen-bond acceptors (Lipinski definition) is 3. The van der Waals surface area contributed by atoms with E-state index in [0.29, 0.717) is 13.0 Å². The molecule has 0 bridgehead atoms. The average molecular weight is 321 g/mol. The molecule has 0 radical (unpaired) electrons. The van der Waals surface area contributed by atoms with Crippen molar-refractivity contribution in [2.45, 2.75) is 52.5 Å². The number of nitrogens with one attached hydrogen (secondary N) is 2. The van der Waals surface area contributed by atoms with Crippen LogP contribution in [-0.4, -0.2) is 45.8 Å². The molecule has 2 N–H and O–H groups in total. The fourth-order valence-corrected chi connectivity index (χ4v) is 3.12. The molecule has 1 aliphatic rings. The molecule has 1 aliphatic heterocycles. The van der Waals surface area contributed by atoms with Gasteiger partial charge >= 0.3 is 6.03 Å². The standard InChI is InChI=1S/C16H27N5O2/c1-5-8-21-10-11(9-14(21)22)17-16(23)18-15-12(6-2)13(7-3)19-20(15)4/h11H,5-10H2,1-4H3,(H2,17,18,23). The summed E-state index contributed by atoms with van der Waals surface area (Å²) in [4.78, 5) is 25.9. The lowest BCUT2D eigenvalue weighted by molar-refractivity contribution is -0.127. The summed E-state index contributed by atoms with van der Waals surface area (Å²) in [5, 5.41) is 10.2. The summed E-state index contributed by atoms with van der Waals surface area (Å²) >= 11 is 0. The van der Waals surface area contributed by atoms with E-state index in [1.807, 2.05) is 18.9 Å². The van der Waals surface area contributed by atoms with Crippen molar-refractivity contribution >= 4 is 17.8 Å². The third-order valence-electron chi connectivity index (χ3n) is 4.19. The van der Waals surface area contributed by atoms with E-state index in [1.165, 1.54) is 0 Å². The van der Waals surface area contributed by atoms with Gasteiger partial charge in [0.2, 0.25) is 5.91 Å². The van der Waals surface area contributed by atoms with Crippen LogP contribution in [0.2, 0.25) is 0 Å². The first kappa shape index (κ1) is 17.3. The summed E-state index contributed by atoms with van der Waals surface area (Å²) < 4.78 is 1.71. The van der Waals surface area contributed by atoms with Gasteiger partial charge in [0.15, 0.2) is 0 Å². The Morgan fingerprint density at radius 1 is 1.30 bits per heavy atom. The molecule has 2 heterocycles. The Kier molecular flexibility index (Phi) is 5.63.